The van der Waals surface area contributed by atoms with E-state index in [0.29, 0.717) is 17.4 Å². The summed E-state index contributed by atoms with van der Waals surface area (Å²) in [4.78, 5) is 14.9. The normalized spacial score (nSPS) is 10.7. The summed E-state index contributed by atoms with van der Waals surface area (Å²) in [7, 11) is 0. The third-order valence-corrected chi connectivity index (χ3v) is 3.48. The summed E-state index contributed by atoms with van der Waals surface area (Å²) < 4.78 is 6.93. The lowest BCUT2D eigenvalue weighted by molar-refractivity contribution is 0.112. The second-order valence-electron chi connectivity index (χ2n) is 4.95. The van der Waals surface area contributed by atoms with Gasteiger partial charge in [0, 0.05) is 21.8 Å². The number of benzene rings is 1. The van der Waals surface area contributed by atoms with Gasteiger partial charge in [0.25, 0.3) is 0 Å². The molecule has 3 nitrogen and oxygen atoms in total. The van der Waals surface area contributed by atoms with E-state index in [0.717, 1.165) is 27.6 Å². The zero-order valence-corrected chi connectivity index (χ0v) is 13.3. The molecule has 0 saturated heterocycles. The van der Waals surface area contributed by atoms with E-state index >= 15 is 0 Å². The van der Waals surface area contributed by atoms with Gasteiger partial charge in [-0.2, -0.15) is 0 Å². The van der Waals surface area contributed by atoms with Crippen LogP contribution >= 0.6 is 15.9 Å². The summed E-state index contributed by atoms with van der Waals surface area (Å²) in [6.45, 7) is 6.11. The summed E-state index contributed by atoms with van der Waals surface area (Å²) in [5.74, 6) is 1.66. The number of carbonyl (C=O) groups is 1. The second kappa shape index (κ2) is 6.18. The van der Waals surface area contributed by atoms with Gasteiger partial charge in [-0.1, -0.05) is 29.8 Å². The average Bonchev–Trinajstić information content (AvgIpc) is 2.42. The van der Waals surface area contributed by atoms with Gasteiger partial charge >= 0.3 is 0 Å². The molecule has 0 spiro atoms. The summed E-state index contributed by atoms with van der Waals surface area (Å²) in [5, 5.41) is 0. The maximum atomic E-state index is 10.7. The molecule has 2 aromatic rings. The molecule has 0 aliphatic carbocycles. The minimum atomic E-state index is 0.344. The molecule has 0 aliphatic heterocycles. The Balaban J connectivity index is 2.37. The van der Waals surface area contributed by atoms with Crippen LogP contribution in [0.15, 0.2) is 34.9 Å². The van der Waals surface area contributed by atoms with Crippen LogP contribution in [0.2, 0.25) is 0 Å². The predicted octanol–water partition coefficient (Wildman–Crippen LogP) is 4.88. The SMILES string of the molecule is Cc1cc(C=O)cnc1Oc1ccc(Br)cc1C(C)C. The van der Waals surface area contributed by atoms with Crippen molar-refractivity contribution in [3.8, 4) is 11.6 Å². The minimum Gasteiger partial charge on any atom is -0.438 e. The van der Waals surface area contributed by atoms with Gasteiger partial charge in [0.2, 0.25) is 5.88 Å². The fourth-order valence-corrected chi connectivity index (χ4v) is 2.30. The lowest BCUT2D eigenvalue weighted by Gasteiger charge is -2.14. The van der Waals surface area contributed by atoms with Crippen LogP contribution in [0.3, 0.4) is 0 Å². The van der Waals surface area contributed by atoms with E-state index in [1.54, 1.807) is 6.07 Å². The number of hydrogen-bond acceptors (Lipinski definition) is 3. The van der Waals surface area contributed by atoms with E-state index in [-0.39, 0.29) is 0 Å². The number of pyridine rings is 1. The molecule has 0 unspecified atom stereocenters. The minimum absolute atomic E-state index is 0.344. The molecule has 0 radical (unpaired) electrons. The first-order valence-corrected chi connectivity index (χ1v) is 7.19. The zero-order chi connectivity index (χ0) is 14.7. The molecular formula is C16H16BrNO2. The smallest absolute Gasteiger partial charge is 0.222 e. The van der Waals surface area contributed by atoms with Crippen LogP contribution < -0.4 is 4.74 Å². The first-order chi connectivity index (χ1) is 9.51. The molecule has 0 N–H and O–H groups in total. The molecule has 20 heavy (non-hydrogen) atoms. The van der Waals surface area contributed by atoms with Crippen molar-refractivity contribution in [1.29, 1.82) is 0 Å². The molecule has 1 aromatic carbocycles. The molecule has 0 saturated carbocycles. The monoisotopic (exact) mass is 333 g/mol. The number of nitrogens with zero attached hydrogens (tertiary/aromatic N) is 1. The van der Waals surface area contributed by atoms with Gasteiger partial charge in [-0.15, -0.1) is 0 Å². The van der Waals surface area contributed by atoms with Crippen LogP contribution in [0.5, 0.6) is 11.6 Å². The van der Waals surface area contributed by atoms with Gasteiger partial charge in [0.05, 0.1) is 0 Å². The number of halogens is 1. The van der Waals surface area contributed by atoms with Crippen molar-refractivity contribution in [3.63, 3.8) is 0 Å². The summed E-state index contributed by atoms with van der Waals surface area (Å²) in [5.41, 5.74) is 2.50. The second-order valence-corrected chi connectivity index (χ2v) is 5.86. The van der Waals surface area contributed by atoms with Crippen molar-refractivity contribution < 1.29 is 9.53 Å². The van der Waals surface area contributed by atoms with E-state index in [9.17, 15) is 4.79 Å². The number of rotatable bonds is 4. The fourth-order valence-electron chi connectivity index (χ4n) is 1.92. The Morgan fingerprint density at radius 1 is 1.30 bits per heavy atom. The number of aromatic nitrogens is 1. The van der Waals surface area contributed by atoms with Crippen molar-refractivity contribution in [3.05, 3.63) is 51.6 Å². The highest BCUT2D eigenvalue weighted by Crippen LogP contribution is 2.33. The van der Waals surface area contributed by atoms with Crippen molar-refractivity contribution in [1.82, 2.24) is 4.98 Å². The van der Waals surface area contributed by atoms with E-state index in [2.05, 4.69) is 40.8 Å². The van der Waals surface area contributed by atoms with Crippen molar-refractivity contribution in [2.24, 2.45) is 0 Å². The highest BCUT2D eigenvalue weighted by molar-refractivity contribution is 9.10. The van der Waals surface area contributed by atoms with E-state index in [1.165, 1.54) is 6.20 Å². The van der Waals surface area contributed by atoms with Crippen molar-refractivity contribution in [2.45, 2.75) is 26.7 Å². The van der Waals surface area contributed by atoms with Gasteiger partial charge in [-0.3, -0.25) is 4.79 Å². The Kier molecular flexibility index (Phi) is 4.55. The number of aldehydes is 1. The third-order valence-electron chi connectivity index (χ3n) is 2.99. The Labute approximate surface area is 127 Å². The Morgan fingerprint density at radius 2 is 2.05 bits per heavy atom. The number of ether oxygens (including phenoxy) is 1. The van der Waals surface area contributed by atoms with Gasteiger partial charge in [0.15, 0.2) is 6.29 Å². The van der Waals surface area contributed by atoms with Crippen LogP contribution in [-0.4, -0.2) is 11.3 Å². The topological polar surface area (TPSA) is 39.2 Å². The van der Waals surface area contributed by atoms with E-state index < -0.39 is 0 Å². The number of hydrogen-bond donors (Lipinski definition) is 0. The lowest BCUT2D eigenvalue weighted by Crippen LogP contribution is -1.98. The molecule has 0 amide bonds. The van der Waals surface area contributed by atoms with Gasteiger partial charge in [-0.25, -0.2) is 4.98 Å². The Morgan fingerprint density at radius 3 is 2.65 bits per heavy atom. The maximum Gasteiger partial charge on any atom is 0.222 e. The highest BCUT2D eigenvalue weighted by atomic mass is 79.9. The Hall–Kier alpha value is -1.68. The van der Waals surface area contributed by atoms with Crippen LogP contribution in [0.4, 0.5) is 0 Å². The first-order valence-electron chi connectivity index (χ1n) is 6.40. The molecule has 1 aromatic heterocycles. The molecule has 0 atom stereocenters. The van der Waals surface area contributed by atoms with Gasteiger partial charge < -0.3 is 4.74 Å². The van der Waals surface area contributed by atoms with Gasteiger partial charge in [0.1, 0.15) is 5.75 Å². The molecule has 2 rings (SSSR count). The summed E-state index contributed by atoms with van der Waals surface area (Å²) in [6.07, 6.45) is 2.30. The standard InChI is InChI=1S/C16H16BrNO2/c1-10(2)14-7-13(17)4-5-15(14)20-16-11(3)6-12(9-19)8-18-16/h4-10H,1-3H3. The average molecular weight is 334 g/mol. The first kappa shape index (κ1) is 14.7. The lowest BCUT2D eigenvalue weighted by atomic mass is 10.0. The molecule has 104 valence electrons. The van der Waals surface area contributed by atoms with Crippen molar-refractivity contribution in [2.75, 3.05) is 0 Å². The molecule has 0 aliphatic rings. The molecule has 1 heterocycles. The predicted molar refractivity (Wildman–Crippen MR) is 82.7 cm³/mol. The number of carbonyl (C=O) groups excluding carboxylic acids is 1. The summed E-state index contributed by atoms with van der Waals surface area (Å²) in [6, 6.07) is 7.68. The third kappa shape index (κ3) is 3.25. The van der Waals surface area contributed by atoms with E-state index in [1.807, 2.05) is 19.1 Å². The Bertz CT molecular complexity index is 638. The van der Waals surface area contributed by atoms with Gasteiger partial charge in [-0.05, 0) is 42.7 Å². The number of aryl methyl sites for hydroxylation is 1. The van der Waals surface area contributed by atoms with Crippen LogP contribution in [0.1, 0.15) is 41.3 Å². The van der Waals surface area contributed by atoms with Crippen LogP contribution in [-0.2, 0) is 0 Å². The summed E-state index contributed by atoms with van der Waals surface area (Å²) >= 11 is 3.47. The molecule has 0 fully saturated rings. The van der Waals surface area contributed by atoms with Crippen LogP contribution in [0, 0.1) is 6.92 Å². The molecule has 4 heteroatoms. The molecule has 0 bridgehead atoms. The molecular weight excluding hydrogens is 318 g/mol. The fraction of sp³-hybridized carbons (Fsp3) is 0.250. The zero-order valence-electron chi connectivity index (χ0n) is 11.7. The maximum absolute atomic E-state index is 10.7. The quantitative estimate of drug-likeness (QED) is 0.748. The largest absolute Gasteiger partial charge is 0.438 e. The van der Waals surface area contributed by atoms with Crippen molar-refractivity contribution >= 4 is 22.2 Å². The van der Waals surface area contributed by atoms with E-state index in [4.69, 9.17) is 4.74 Å². The highest BCUT2D eigenvalue weighted by Gasteiger charge is 2.11. The van der Waals surface area contributed by atoms with Crippen LogP contribution in [0.25, 0.3) is 0 Å².